The van der Waals surface area contributed by atoms with Gasteiger partial charge in [0, 0.05) is 34.5 Å². The Labute approximate surface area is 134 Å². The van der Waals surface area contributed by atoms with E-state index in [-0.39, 0.29) is 31.8 Å². The Balaban J connectivity index is 1.78. The van der Waals surface area contributed by atoms with Gasteiger partial charge in [-0.25, -0.2) is 9.18 Å². The van der Waals surface area contributed by atoms with Crippen molar-refractivity contribution >= 4 is 39.6 Å². The minimum absolute atomic E-state index is 0.131. The lowest BCUT2D eigenvalue weighted by atomic mass is 10.1. The van der Waals surface area contributed by atoms with Gasteiger partial charge in [-0.05, 0) is 24.3 Å². The van der Waals surface area contributed by atoms with Crippen LogP contribution in [0.15, 0.2) is 33.6 Å². The number of thioether (sulfide) groups is 1. The van der Waals surface area contributed by atoms with Crippen LogP contribution in [0.1, 0.15) is 12.8 Å². The van der Waals surface area contributed by atoms with E-state index >= 15 is 0 Å². The van der Waals surface area contributed by atoms with E-state index in [1.165, 1.54) is 4.90 Å². The third-order valence-electron chi connectivity index (χ3n) is 3.35. The summed E-state index contributed by atoms with van der Waals surface area (Å²) in [6.45, 7) is -0.172. The zero-order valence-electron chi connectivity index (χ0n) is 11.2. The van der Waals surface area contributed by atoms with Gasteiger partial charge in [-0.15, -0.1) is 11.8 Å². The van der Waals surface area contributed by atoms with E-state index in [9.17, 15) is 14.0 Å². The van der Waals surface area contributed by atoms with Crippen LogP contribution in [-0.4, -0.2) is 46.4 Å². The molecule has 2 rings (SSSR count). The van der Waals surface area contributed by atoms with Crippen LogP contribution < -0.4 is 0 Å². The Hall–Kier alpha value is -1.08. The molecule has 1 aliphatic heterocycles. The first-order valence-corrected chi connectivity index (χ1v) is 8.27. The molecule has 0 aromatic heterocycles. The van der Waals surface area contributed by atoms with Crippen molar-refractivity contribution in [3.05, 3.63) is 28.7 Å². The molecule has 0 aliphatic carbocycles. The van der Waals surface area contributed by atoms with E-state index in [1.807, 2.05) is 24.3 Å². The summed E-state index contributed by atoms with van der Waals surface area (Å²) >= 11 is 4.89. The number of nitrogens with zero attached hydrogens (tertiary/aromatic N) is 1. The van der Waals surface area contributed by atoms with Gasteiger partial charge in [0.25, 0.3) is 0 Å². The quantitative estimate of drug-likeness (QED) is 0.803. The molecule has 1 aromatic carbocycles. The minimum atomic E-state index is -2.28. The second kappa shape index (κ2) is 6.79. The van der Waals surface area contributed by atoms with Crippen LogP contribution in [-0.2, 0) is 9.59 Å². The molecule has 0 spiro atoms. The molecule has 21 heavy (non-hydrogen) atoms. The topological polar surface area (TPSA) is 57.6 Å². The molecule has 4 nitrogen and oxygen atoms in total. The number of carboxylic acids is 1. The van der Waals surface area contributed by atoms with Gasteiger partial charge in [-0.3, -0.25) is 4.79 Å². The van der Waals surface area contributed by atoms with Crippen LogP contribution in [0.2, 0.25) is 0 Å². The van der Waals surface area contributed by atoms with Crippen molar-refractivity contribution < 1.29 is 19.1 Å². The number of alkyl halides is 1. The minimum Gasteiger partial charge on any atom is -0.479 e. The molecule has 0 saturated carbocycles. The van der Waals surface area contributed by atoms with Gasteiger partial charge in [0.2, 0.25) is 11.6 Å². The first kappa shape index (κ1) is 16.3. The molecule has 0 bridgehead atoms. The first-order chi connectivity index (χ1) is 9.90. The fourth-order valence-corrected chi connectivity index (χ4v) is 3.21. The highest BCUT2D eigenvalue weighted by Crippen LogP contribution is 2.27. The van der Waals surface area contributed by atoms with E-state index in [0.29, 0.717) is 5.75 Å². The van der Waals surface area contributed by atoms with Gasteiger partial charge >= 0.3 is 5.97 Å². The normalized spacial score (nSPS) is 21.5. The number of rotatable bonds is 5. The monoisotopic (exact) mass is 375 g/mol. The summed E-state index contributed by atoms with van der Waals surface area (Å²) in [6, 6.07) is 7.75. The molecule has 1 aliphatic rings. The molecule has 1 heterocycles. The third kappa shape index (κ3) is 4.20. The first-order valence-electron chi connectivity index (χ1n) is 6.49. The number of likely N-dealkylation sites (tertiary alicyclic amines) is 1. The Bertz CT molecular complexity index is 540. The van der Waals surface area contributed by atoms with E-state index in [1.54, 1.807) is 11.8 Å². The number of hydrogen-bond donors (Lipinski definition) is 1. The van der Waals surface area contributed by atoms with Crippen molar-refractivity contribution in [2.45, 2.75) is 23.4 Å². The number of amides is 1. The number of carbonyl (C=O) groups is 2. The van der Waals surface area contributed by atoms with Crippen LogP contribution >= 0.6 is 27.7 Å². The maximum atomic E-state index is 13.9. The number of aliphatic carboxylic acids is 1. The highest BCUT2D eigenvalue weighted by molar-refractivity contribution is 9.10. The Morgan fingerprint density at radius 2 is 2.05 bits per heavy atom. The number of benzene rings is 1. The average Bonchev–Trinajstić information content (AvgIpc) is 2.85. The fourth-order valence-electron chi connectivity index (χ4n) is 2.11. The number of carboxylic acid groups (broad SMARTS) is 1. The molecular weight excluding hydrogens is 361 g/mol. The predicted molar refractivity (Wildman–Crippen MR) is 82.2 cm³/mol. The van der Waals surface area contributed by atoms with Gasteiger partial charge < -0.3 is 10.0 Å². The van der Waals surface area contributed by atoms with Gasteiger partial charge in [-0.1, -0.05) is 15.9 Å². The molecule has 0 radical (unpaired) electrons. The van der Waals surface area contributed by atoms with Crippen LogP contribution in [0.5, 0.6) is 0 Å². The van der Waals surface area contributed by atoms with Crippen LogP contribution in [0.25, 0.3) is 0 Å². The SMILES string of the molecule is O=C(CCSc1ccc(Br)cc1)N1CCC(F)(C(=O)O)C1. The molecular formula is C14H15BrFNO3S. The second-order valence-electron chi connectivity index (χ2n) is 4.89. The Morgan fingerprint density at radius 1 is 1.38 bits per heavy atom. The maximum absolute atomic E-state index is 13.9. The lowest BCUT2D eigenvalue weighted by molar-refractivity contribution is -0.150. The summed E-state index contributed by atoms with van der Waals surface area (Å²) in [5, 5.41) is 8.80. The summed E-state index contributed by atoms with van der Waals surface area (Å²) < 4.78 is 14.9. The Morgan fingerprint density at radius 3 is 2.62 bits per heavy atom. The number of carbonyl (C=O) groups excluding carboxylic acids is 1. The highest BCUT2D eigenvalue weighted by atomic mass is 79.9. The molecule has 114 valence electrons. The summed E-state index contributed by atoms with van der Waals surface area (Å²) in [5.74, 6) is -1.09. The number of hydrogen-bond acceptors (Lipinski definition) is 3. The van der Waals surface area contributed by atoms with Gasteiger partial charge in [0.05, 0.1) is 6.54 Å². The van der Waals surface area contributed by atoms with Gasteiger partial charge in [-0.2, -0.15) is 0 Å². The van der Waals surface area contributed by atoms with Crippen molar-refractivity contribution in [1.82, 2.24) is 4.90 Å². The van der Waals surface area contributed by atoms with Crippen LogP contribution in [0.4, 0.5) is 4.39 Å². The average molecular weight is 376 g/mol. The lowest BCUT2D eigenvalue weighted by Crippen LogP contribution is -2.39. The molecule has 1 amide bonds. The molecule has 1 unspecified atom stereocenters. The van der Waals surface area contributed by atoms with Gasteiger partial charge in [0.15, 0.2) is 0 Å². The molecule has 1 saturated heterocycles. The zero-order valence-corrected chi connectivity index (χ0v) is 13.6. The molecule has 1 aromatic rings. The largest absolute Gasteiger partial charge is 0.479 e. The van der Waals surface area contributed by atoms with Crippen molar-refractivity contribution in [3.8, 4) is 0 Å². The lowest BCUT2D eigenvalue weighted by Gasteiger charge is -2.17. The molecule has 7 heteroatoms. The molecule has 1 atom stereocenters. The van der Waals surface area contributed by atoms with E-state index < -0.39 is 11.6 Å². The maximum Gasteiger partial charge on any atom is 0.343 e. The zero-order chi connectivity index (χ0) is 15.5. The van der Waals surface area contributed by atoms with E-state index in [0.717, 1.165) is 9.37 Å². The standard InChI is InChI=1S/C14H15BrFNO3S/c15-10-1-3-11(4-2-10)21-8-5-12(18)17-7-6-14(16,9-17)13(19)20/h1-4H,5-9H2,(H,19,20). The predicted octanol–water partition coefficient (Wildman–Crippen LogP) is 2.96. The Kier molecular flexibility index (Phi) is 5.27. The molecule has 1 fully saturated rings. The summed E-state index contributed by atoms with van der Waals surface area (Å²) in [6.07, 6.45) is 0.143. The van der Waals surface area contributed by atoms with E-state index in [4.69, 9.17) is 5.11 Å². The van der Waals surface area contributed by atoms with E-state index in [2.05, 4.69) is 15.9 Å². The van der Waals surface area contributed by atoms with Crippen molar-refractivity contribution in [2.75, 3.05) is 18.8 Å². The van der Waals surface area contributed by atoms with Crippen molar-refractivity contribution in [3.63, 3.8) is 0 Å². The third-order valence-corrected chi connectivity index (χ3v) is 4.90. The highest BCUT2D eigenvalue weighted by Gasteiger charge is 2.46. The molecule has 1 N–H and O–H groups in total. The smallest absolute Gasteiger partial charge is 0.343 e. The second-order valence-corrected chi connectivity index (χ2v) is 6.97. The van der Waals surface area contributed by atoms with Crippen LogP contribution in [0.3, 0.4) is 0 Å². The summed E-state index contributed by atoms with van der Waals surface area (Å²) in [4.78, 5) is 25.1. The van der Waals surface area contributed by atoms with Crippen molar-refractivity contribution in [1.29, 1.82) is 0 Å². The fraction of sp³-hybridized carbons (Fsp3) is 0.429. The van der Waals surface area contributed by atoms with Crippen molar-refractivity contribution in [2.24, 2.45) is 0 Å². The van der Waals surface area contributed by atoms with Gasteiger partial charge in [0.1, 0.15) is 0 Å². The van der Waals surface area contributed by atoms with Crippen LogP contribution in [0, 0.1) is 0 Å². The summed E-state index contributed by atoms with van der Waals surface area (Å²) in [5.41, 5.74) is -2.28. The number of halogens is 2. The summed E-state index contributed by atoms with van der Waals surface area (Å²) in [7, 11) is 0.